The third kappa shape index (κ3) is 2.94. The van der Waals surface area contributed by atoms with Crippen molar-refractivity contribution in [2.75, 3.05) is 0 Å². The second-order valence-electron chi connectivity index (χ2n) is 11.5. The summed E-state index contributed by atoms with van der Waals surface area (Å²) in [6, 6.07) is 39.4. The number of hydrogen-bond acceptors (Lipinski definition) is 2. The number of fused-ring (bicyclic) bond motifs is 8. The van der Waals surface area contributed by atoms with E-state index in [1.165, 1.54) is 54.7 Å². The van der Waals surface area contributed by atoms with Crippen molar-refractivity contribution in [3.05, 3.63) is 133 Å². The zero-order chi connectivity index (χ0) is 27.3. The van der Waals surface area contributed by atoms with Gasteiger partial charge < -0.3 is 4.57 Å². The van der Waals surface area contributed by atoms with E-state index in [0.29, 0.717) is 0 Å². The fourth-order valence-electron chi connectivity index (χ4n) is 7.07. The van der Waals surface area contributed by atoms with Crippen molar-refractivity contribution in [3.63, 3.8) is 0 Å². The molecule has 8 aromatic rings. The Hall–Kier alpha value is -5.22. The zero-order valence-corrected chi connectivity index (χ0v) is 22.8. The number of para-hydroxylation sites is 2. The summed E-state index contributed by atoms with van der Waals surface area (Å²) in [7, 11) is 0. The molecule has 194 valence electrons. The second kappa shape index (κ2) is 7.92. The van der Waals surface area contributed by atoms with Crippen LogP contribution in [0, 0.1) is 0 Å². The molecule has 0 N–H and O–H groups in total. The van der Waals surface area contributed by atoms with Crippen molar-refractivity contribution in [1.29, 1.82) is 0 Å². The largest absolute Gasteiger partial charge is 0.309 e. The fraction of sp³-hybridized carbons (Fsp3) is 0.0811. The fourth-order valence-corrected chi connectivity index (χ4v) is 7.07. The summed E-state index contributed by atoms with van der Waals surface area (Å²) in [5.41, 5.74) is 10.5. The number of nitrogens with zero attached hydrogens (tertiary/aromatic N) is 4. The first-order chi connectivity index (χ1) is 20.1. The summed E-state index contributed by atoms with van der Waals surface area (Å²) in [4.78, 5) is 9.58. The van der Waals surface area contributed by atoms with Crippen LogP contribution in [0.4, 0.5) is 0 Å². The molecule has 1 aliphatic heterocycles. The predicted octanol–water partition coefficient (Wildman–Crippen LogP) is 8.98. The lowest BCUT2D eigenvalue weighted by atomic mass is 9.76. The van der Waals surface area contributed by atoms with E-state index in [2.05, 4.69) is 125 Å². The topological polar surface area (TPSA) is 35.6 Å². The van der Waals surface area contributed by atoms with Gasteiger partial charge in [-0.15, -0.1) is 0 Å². The quantitative estimate of drug-likeness (QED) is 0.225. The van der Waals surface area contributed by atoms with Gasteiger partial charge in [0.05, 0.1) is 27.8 Å². The summed E-state index contributed by atoms with van der Waals surface area (Å²) in [5, 5.41) is 4.99. The van der Waals surface area contributed by atoms with Crippen LogP contribution in [-0.4, -0.2) is 19.1 Å². The molecule has 0 unspecified atom stereocenters. The Balaban J connectivity index is 1.39. The number of benzene rings is 4. The predicted molar refractivity (Wildman–Crippen MR) is 168 cm³/mol. The Kier molecular flexibility index (Phi) is 4.36. The Morgan fingerprint density at radius 1 is 0.537 bits per heavy atom. The van der Waals surface area contributed by atoms with Crippen LogP contribution in [0.2, 0.25) is 0 Å². The molecule has 0 atom stereocenters. The van der Waals surface area contributed by atoms with Crippen LogP contribution in [0.5, 0.6) is 0 Å². The summed E-state index contributed by atoms with van der Waals surface area (Å²) in [5.74, 6) is 1.02. The second-order valence-corrected chi connectivity index (χ2v) is 11.5. The van der Waals surface area contributed by atoms with Gasteiger partial charge in [0.1, 0.15) is 5.82 Å². The van der Waals surface area contributed by atoms with E-state index in [9.17, 15) is 0 Å². The van der Waals surface area contributed by atoms with Gasteiger partial charge >= 0.3 is 0 Å². The van der Waals surface area contributed by atoms with E-state index in [0.717, 1.165) is 22.8 Å². The molecule has 41 heavy (non-hydrogen) atoms. The molecule has 0 aliphatic carbocycles. The lowest BCUT2D eigenvalue weighted by molar-refractivity contribution is 0.624. The Morgan fingerprint density at radius 2 is 1.27 bits per heavy atom. The van der Waals surface area contributed by atoms with Crippen molar-refractivity contribution < 1.29 is 0 Å². The highest BCUT2D eigenvalue weighted by atomic mass is 15.1. The van der Waals surface area contributed by atoms with Crippen molar-refractivity contribution in [2.24, 2.45) is 0 Å². The normalized spacial score (nSPS) is 13.8. The van der Waals surface area contributed by atoms with Gasteiger partial charge in [-0.3, -0.25) is 9.55 Å². The minimum absolute atomic E-state index is 0.134. The average molecular weight is 527 g/mol. The molecule has 0 spiro atoms. The van der Waals surface area contributed by atoms with Gasteiger partial charge in [-0.2, -0.15) is 0 Å². The summed E-state index contributed by atoms with van der Waals surface area (Å²) >= 11 is 0. The summed E-state index contributed by atoms with van der Waals surface area (Å²) in [6.45, 7) is 4.62. The van der Waals surface area contributed by atoms with Gasteiger partial charge in [-0.05, 0) is 48.0 Å². The van der Waals surface area contributed by atoms with Crippen molar-refractivity contribution in [1.82, 2.24) is 19.1 Å². The number of rotatable bonds is 2. The highest BCUT2D eigenvalue weighted by Crippen LogP contribution is 2.47. The first kappa shape index (κ1) is 22.6. The van der Waals surface area contributed by atoms with Gasteiger partial charge in [-0.1, -0.05) is 80.6 Å². The number of hydrogen-bond donors (Lipinski definition) is 0. The molecule has 4 heteroatoms. The van der Waals surface area contributed by atoms with Gasteiger partial charge in [0.25, 0.3) is 0 Å². The van der Waals surface area contributed by atoms with E-state index in [-0.39, 0.29) is 5.41 Å². The molecule has 1 aliphatic rings. The smallest absolute Gasteiger partial charge is 0.141 e. The van der Waals surface area contributed by atoms with Crippen LogP contribution in [0.3, 0.4) is 0 Å². The molecule has 0 radical (unpaired) electrons. The zero-order valence-electron chi connectivity index (χ0n) is 22.8. The maximum absolute atomic E-state index is 4.95. The first-order valence-electron chi connectivity index (χ1n) is 14.1. The molecular formula is C37H26N4. The lowest BCUT2D eigenvalue weighted by Crippen LogP contribution is -2.26. The number of pyridine rings is 2. The van der Waals surface area contributed by atoms with Crippen molar-refractivity contribution in [3.8, 4) is 22.8 Å². The molecule has 0 amide bonds. The van der Waals surface area contributed by atoms with Gasteiger partial charge in [-0.25, -0.2) is 4.98 Å². The molecular weight excluding hydrogens is 500 g/mol. The minimum atomic E-state index is -0.134. The molecule has 4 aromatic carbocycles. The van der Waals surface area contributed by atoms with Crippen LogP contribution in [0.1, 0.15) is 25.0 Å². The molecule has 0 fully saturated rings. The summed E-state index contributed by atoms with van der Waals surface area (Å²) in [6.07, 6.45) is 3.77. The molecule has 9 rings (SSSR count). The van der Waals surface area contributed by atoms with Crippen LogP contribution in [0.15, 0.2) is 122 Å². The summed E-state index contributed by atoms with van der Waals surface area (Å²) < 4.78 is 4.78. The maximum atomic E-state index is 4.95. The van der Waals surface area contributed by atoms with Crippen LogP contribution in [0.25, 0.3) is 66.4 Å². The molecule has 0 saturated carbocycles. The van der Waals surface area contributed by atoms with Crippen molar-refractivity contribution in [2.45, 2.75) is 19.3 Å². The van der Waals surface area contributed by atoms with Crippen molar-refractivity contribution >= 4 is 43.6 Å². The molecule has 4 nitrogen and oxygen atoms in total. The Morgan fingerprint density at radius 3 is 2.17 bits per heavy atom. The molecule has 0 bridgehead atoms. The van der Waals surface area contributed by atoms with Crippen LogP contribution < -0.4 is 0 Å². The average Bonchev–Trinajstić information content (AvgIpc) is 3.53. The maximum Gasteiger partial charge on any atom is 0.141 e. The monoisotopic (exact) mass is 526 g/mol. The van der Waals surface area contributed by atoms with E-state index in [1.54, 1.807) is 0 Å². The standard InChI is InChI=1S/C37H26N4/c1-37(2)29-11-7-10-28-27-18-16-24(22-34(27)41(35(28)29)36-30(37)12-8-20-39-36)40-32-14-4-3-9-25(32)26-17-15-23(21-33(26)40)31-13-5-6-19-38-31/h3-22H,1-2H3. The van der Waals surface area contributed by atoms with E-state index in [4.69, 9.17) is 4.98 Å². The Labute approximate surface area is 237 Å². The van der Waals surface area contributed by atoms with E-state index in [1.807, 2.05) is 24.5 Å². The highest BCUT2D eigenvalue weighted by molar-refractivity contribution is 6.13. The molecule has 0 saturated heterocycles. The Bertz CT molecular complexity index is 2340. The van der Waals surface area contributed by atoms with E-state index >= 15 is 0 Å². The number of aromatic nitrogens is 4. The third-order valence-electron chi connectivity index (χ3n) is 9.01. The first-order valence-corrected chi connectivity index (χ1v) is 14.1. The van der Waals surface area contributed by atoms with Crippen LogP contribution in [-0.2, 0) is 5.41 Å². The molecule has 4 aromatic heterocycles. The molecule has 5 heterocycles. The third-order valence-corrected chi connectivity index (χ3v) is 9.01. The van der Waals surface area contributed by atoms with Gasteiger partial charge in [0.2, 0.25) is 0 Å². The highest BCUT2D eigenvalue weighted by Gasteiger charge is 2.35. The van der Waals surface area contributed by atoms with E-state index < -0.39 is 0 Å². The van der Waals surface area contributed by atoms with Gasteiger partial charge in [0, 0.05) is 56.2 Å². The SMILES string of the molecule is CC1(C)c2cccnc2-n2c3cc(-n4c5ccccc5c5ccc(-c6ccccn6)cc54)ccc3c3cccc1c32. The van der Waals surface area contributed by atoms with Crippen LogP contribution >= 0.6 is 0 Å². The lowest BCUT2D eigenvalue weighted by Gasteiger charge is -2.33. The minimum Gasteiger partial charge on any atom is -0.309 e. The van der Waals surface area contributed by atoms with Gasteiger partial charge in [0.15, 0.2) is 0 Å².